The summed E-state index contributed by atoms with van der Waals surface area (Å²) in [5.41, 5.74) is 3.57. The number of carbonyl (C=O) groups is 3. The van der Waals surface area contributed by atoms with E-state index < -0.39 is 12.1 Å². The molecule has 7 nitrogen and oxygen atoms in total. The van der Waals surface area contributed by atoms with E-state index in [0.717, 1.165) is 44.2 Å². The smallest absolute Gasteiger partial charge is 0.243 e. The van der Waals surface area contributed by atoms with Gasteiger partial charge in [-0.05, 0) is 61.8 Å². The molecular weight excluding hydrogens is 476 g/mol. The molecule has 3 N–H and O–H groups in total. The molecule has 0 saturated heterocycles. The maximum absolute atomic E-state index is 13.5. The summed E-state index contributed by atoms with van der Waals surface area (Å²) in [6.45, 7) is 7.10. The molecule has 1 aliphatic rings. The van der Waals surface area contributed by atoms with E-state index in [1.165, 1.54) is 16.0 Å². The van der Waals surface area contributed by atoms with Gasteiger partial charge < -0.3 is 20.9 Å². The first kappa shape index (κ1) is 29.4. The number of benzene rings is 2. The summed E-state index contributed by atoms with van der Waals surface area (Å²) in [6, 6.07) is 16.3. The van der Waals surface area contributed by atoms with Gasteiger partial charge in [0.05, 0.1) is 6.04 Å². The molecule has 2 aromatic carbocycles. The molecule has 0 spiro atoms. The predicted octanol–water partition coefficient (Wildman–Crippen LogP) is 3.26. The normalized spacial score (nSPS) is 23.4. The fourth-order valence-electron chi connectivity index (χ4n) is 4.90. The maximum Gasteiger partial charge on any atom is 0.243 e. The van der Waals surface area contributed by atoms with E-state index in [0.29, 0.717) is 13.0 Å². The van der Waals surface area contributed by atoms with Crippen LogP contribution in [0.25, 0.3) is 0 Å². The van der Waals surface area contributed by atoms with Crippen molar-refractivity contribution in [2.75, 3.05) is 20.1 Å². The highest BCUT2D eigenvalue weighted by atomic mass is 16.2. The van der Waals surface area contributed by atoms with Crippen LogP contribution >= 0.6 is 0 Å². The van der Waals surface area contributed by atoms with Gasteiger partial charge in [-0.25, -0.2) is 0 Å². The summed E-state index contributed by atoms with van der Waals surface area (Å²) in [5, 5.41) is 9.44. The van der Waals surface area contributed by atoms with Crippen molar-refractivity contribution in [3.8, 4) is 0 Å². The molecule has 0 aromatic heterocycles. The Morgan fingerprint density at radius 1 is 0.895 bits per heavy atom. The molecule has 0 unspecified atom stereocenters. The minimum atomic E-state index is -0.731. The molecule has 1 heterocycles. The highest BCUT2D eigenvalue weighted by Crippen LogP contribution is 2.16. The van der Waals surface area contributed by atoms with E-state index in [1.54, 1.807) is 14.0 Å². The van der Waals surface area contributed by atoms with Crippen LogP contribution in [0.3, 0.4) is 0 Å². The second-order valence-electron chi connectivity index (χ2n) is 10.5. The van der Waals surface area contributed by atoms with Gasteiger partial charge in [-0.2, -0.15) is 0 Å². The van der Waals surface area contributed by atoms with Gasteiger partial charge in [-0.1, -0.05) is 74.9 Å². The van der Waals surface area contributed by atoms with Gasteiger partial charge in [0, 0.05) is 20.0 Å². The SMILES string of the molecule is CC[C@H](C)[C@@H]1NCCCc2ccccc2CCCNC(=O)[C@@H](Cc2ccccc2)NC(=O)[C@@H](C)N(C)C1=O. The summed E-state index contributed by atoms with van der Waals surface area (Å²) in [6.07, 6.45) is 4.74. The van der Waals surface area contributed by atoms with Crippen LogP contribution in [0, 0.1) is 5.92 Å². The molecular formula is C31H44N4O3. The van der Waals surface area contributed by atoms with Crippen molar-refractivity contribution < 1.29 is 14.4 Å². The van der Waals surface area contributed by atoms with Crippen molar-refractivity contribution in [3.63, 3.8) is 0 Å². The third-order valence-electron chi connectivity index (χ3n) is 7.73. The maximum atomic E-state index is 13.5. The lowest BCUT2D eigenvalue weighted by atomic mass is 9.96. The average molecular weight is 521 g/mol. The number of rotatable bonds is 4. The van der Waals surface area contributed by atoms with E-state index in [9.17, 15) is 14.4 Å². The van der Waals surface area contributed by atoms with E-state index in [2.05, 4.69) is 54.1 Å². The Hall–Kier alpha value is -3.19. The molecule has 4 atom stereocenters. The van der Waals surface area contributed by atoms with E-state index >= 15 is 0 Å². The zero-order valence-electron chi connectivity index (χ0n) is 23.3. The molecule has 0 saturated carbocycles. The number of nitrogens with one attached hydrogen (secondary N) is 3. The molecule has 0 fully saturated rings. The number of aryl methyl sites for hydroxylation is 2. The summed E-state index contributed by atoms with van der Waals surface area (Å²) in [7, 11) is 1.67. The lowest BCUT2D eigenvalue weighted by molar-refractivity contribution is -0.141. The zero-order chi connectivity index (χ0) is 27.5. The first-order chi connectivity index (χ1) is 18.3. The number of carbonyl (C=O) groups excluding carboxylic acids is 3. The number of amides is 3. The Morgan fingerprint density at radius 3 is 2.13 bits per heavy atom. The number of hydrogen-bond acceptors (Lipinski definition) is 4. The molecule has 0 radical (unpaired) electrons. The predicted molar refractivity (Wildman–Crippen MR) is 152 cm³/mol. The largest absolute Gasteiger partial charge is 0.354 e. The van der Waals surface area contributed by atoms with Crippen molar-refractivity contribution >= 4 is 17.7 Å². The molecule has 206 valence electrons. The van der Waals surface area contributed by atoms with Crippen LogP contribution in [-0.4, -0.2) is 60.9 Å². The van der Waals surface area contributed by atoms with E-state index in [4.69, 9.17) is 0 Å². The lowest BCUT2D eigenvalue weighted by Gasteiger charge is -2.32. The van der Waals surface area contributed by atoms with Crippen LogP contribution in [0.4, 0.5) is 0 Å². The Bertz CT molecular complexity index is 1060. The Morgan fingerprint density at radius 2 is 1.50 bits per heavy atom. The van der Waals surface area contributed by atoms with E-state index in [1.807, 2.05) is 30.3 Å². The molecule has 3 amide bonds. The van der Waals surface area contributed by atoms with Crippen LogP contribution in [0.2, 0.25) is 0 Å². The van der Waals surface area contributed by atoms with Crippen LogP contribution in [0.15, 0.2) is 54.6 Å². The summed E-state index contributed by atoms with van der Waals surface area (Å²) in [4.78, 5) is 41.5. The summed E-state index contributed by atoms with van der Waals surface area (Å²) in [5.74, 6) is -0.533. The van der Waals surface area contributed by atoms with Gasteiger partial charge in [0.25, 0.3) is 0 Å². The number of fused-ring (bicyclic) bond motifs is 1. The van der Waals surface area contributed by atoms with Crippen molar-refractivity contribution in [2.24, 2.45) is 5.92 Å². The van der Waals surface area contributed by atoms with Gasteiger partial charge in [-0.3, -0.25) is 14.4 Å². The fourth-order valence-corrected chi connectivity index (χ4v) is 4.90. The molecule has 2 aromatic rings. The second kappa shape index (κ2) is 14.7. The van der Waals surface area contributed by atoms with Crippen LogP contribution < -0.4 is 16.0 Å². The lowest BCUT2D eigenvalue weighted by Crippen LogP contribution is -2.57. The molecule has 0 bridgehead atoms. The second-order valence-corrected chi connectivity index (χ2v) is 10.5. The van der Waals surface area contributed by atoms with E-state index in [-0.39, 0.29) is 29.7 Å². The third-order valence-corrected chi connectivity index (χ3v) is 7.73. The molecule has 1 aliphatic heterocycles. The molecule has 7 heteroatoms. The zero-order valence-corrected chi connectivity index (χ0v) is 23.3. The fraction of sp³-hybridized carbons (Fsp3) is 0.516. The number of likely N-dealkylation sites (N-methyl/N-ethyl adjacent to an activating group) is 1. The molecule has 38 heavy (non-hydrogen) atoms. The van der Waals surface area contributed by atoms with Crippen molar-refractivity contribution in [1.29, 1.82) is 0 Å². The van der Waals surface area contributed by atoms with Crippen LogP contribution in [0.1, 0.15) is 56.7 Å². The van der Waals surface area contributed by atoms with Crippen molar-refractivity contribution in [2.45, 2.75) is 77.4 Å². The van der Waals surface area contributed by atoms with Crippen LogP contribution in [0.5, 0.6) is 0 Å². The first-order valence-electron chi connectivity index (χ1n) is 14.0. The van der Waals surface area contributed by atoms with Gasteiger partial charge in [0.1, 0.15) is 12.1 Å². The monoisotopic (exact) mass is 520 g/mol. The van der Waals surface area contributed by atoms with Gasteiger partial charge in [-0.15, -0.1) is 0 Å². The first-order valence-corrected chi connectivity index (χ1v) is 14.0. The Kier molecular flexibility index (Phi) is 11.3. The summed E-state index contributed by atoms with van der Waals surface area (Å²) >= 11 is 0. The average Bonchev–Trinajstić information content (AvgIpc) is 2.94. The van der Waals surface area contributed by atoms with Crippen molar-refractivity contribution in [1.82, 2.24) is 20.9 Å². The molecule has 0 aliphatic carbocycles. The quantitative estimate of drug-likeness (QED) is 0.577. The van der Waals surface area contributed by atoms with Crippen LogP contribution in [-0.2, 0) is 33.6 Å². The third kappa shape index (κ3) is 8.15. The molecule has 3 rings (SSSR count). The highest BCUT2D eigenvalue weighted by molar-refractivity contribution is 5.93. The van der Waals surface area contributed by atoms with Gasteiger partial charge >= 0.3 is 0 Å². The number of hydrogen-bond donors (Lipinski definition) is 3. The Labute approximate surface area is 227 Å². The summed E-state index contributed by atoms with van der Waals surface area (Å²) < 4.78 is 0. The topological polar surface area (TPSA) is 90.5 Å². The Balaban J connectivity index is 1.85. The minimum Gasteiger partial charge on any atom is -0.354 e. The van der Waals surface area contributed by atoms with Gasteiger partial charge in [0.15, 0.2) is 0 Å². The van der Waals surface area contributed by atoms with Gasteiger partial charge in [0.2, 0.25) is 17.7 Å². The standard InChI is InChI=1S/C31H44N4O3/c1-5-22(2)28-31(38)35(4)23(3)29(36)34-27(21-24-13-7-6-8-14-24)30(37)33-20-12-18-26-16-10-9-15-25(26)17-11-19-32-28/h6-10,13-16,22-23,27-28,32H,5,11-12,17-21H2,1-4H3,(H,33,37)(H,34,36)/t22-,23+,27+,28-/m0/s1. The number of nitrogens with zero attached hydrogens (tertiary/aromatic N) is 1. The van der Waals surface area contributed by atoms with Crippen molar-refractivity contribution in [3.05, 3.63) is 71.3 Å². The minimum absolute atomic E-state index is 0.104. The highest BCUT2D eigenvalue weighted by Gasteiger charge is 2.32.